The van der Waals surface area contributed by atoms with E-state index in [9.17, 15) is 20.4 Å². The first-order valence-corrected chi connectivity index (χ1v) is 13.4. The summed E-state index contributed by atoms with van der Waals surface area (Å²) in [7, 11) is 0. The van der Waals surface area contributed by atoms with E-state index in [1.165, 1.54) is 36.7 Å². The molecule has 37 heavy (non-hydrogen) atoms. The molecule has 2 aliphatic rings. The van der Waals surface area contributed by atoms with Crippen LogP contribution in [0, 0.1) is 0 Å². The molecule has 0 unspecified atom stereocenters. The first-order valence-electron chi connectivity index (χ1n) is 11.9. The van der Waals surface area contributed by atoms with E-state index < -0.39 is 12.2 Å². The summed E-state index contributed by atoms with van der Waals surface area (Å²) < 4.78 is 0. The molecule has 0 heterocycles. The maximum absolute atomic E-state index is 11.7. The van der Waals surface area contributed by atoms with Gasteiger partial charge in [-0.15, -0.1) is 12.2 Å². The molecule has 2 aliphatic carbocycles. The van der Waals surface area contributed by atoms with Gasteiger partial charge < -0.3 is 20.4 Å². The molecule has 2 aromatic rings. The SMILES string of the molecule is [O-]c1c(Cl)cc(Cl)cc1C=N[C@H]1CCCC[C@@H]1[O-].[O-]c1c(Cl)cc(Cl)cc1C=N[C@H]1CCCC[C@@H]1[O-].[Ti+4]. The van der Waals surface area contributed by atoms with Gasteiger partial charge in [0.25, 0.3) is 0 Å². The van der Waals surface area contributed by atoms with Crippen molar-refractivity contribution in [2.45, 2.75) is 75.7 Å². The average Bonchev–Trinajstić information content (AvgIpc) is 2.84. The van der Waals surface area contributed by atoms with Crippen molar-refractivity contribution in [1.82, 2.24) is 0 Å². The van der Waals surface area contributed by atoms with E-state index in [4.69, 9.17) is 46.4 Å². The fourth-order valence-electron chi connectivity index (χ4n) is 4.20. The van der Waals surface area contributed by atoms with Gasteiger partial charge in [-0.25, -0.2) is 0 Å². The number of halogens is 4. The van der Waals surface area contributed by atoms with Gasteiger partial charge in [0, 0.05) is 44.6 Å². The van der Waals surface area contributed by atoms with Gasteiger partial charge >= 0.3 is 21.7 Å². The largest absolute Gasteiger partial charge is 4.00 e. The molecule has 4 atom stereocenters. The monoisotopic (exact) mass is 618 g/mol. The fraction of sp³-hybridized carbons (Fsp3) is 0.462. The summed E-state index contributed by atoms with van der Waals surface area (Å²) in [6.07, 6.45) is 8.38. The van der Waals surface area contributed by atoms with E-state index in [-0.39, 0.29) is 55.3 Å². The van der Waals surface area contributed by atoms with Crippen LogP contribution in [0.15, 0.2) is 34.3 Å². The van der Waals surface area contributed by atoms with E-state index in [2.05, 4.69) is 9.98 Å². The second-order valence-electron chi connectivity index (χ2n) is 8.95. The summed E-state index contributed by atoms with van der Waals surface area (Å²) in [6, 6.07) is 5.36. The molecule has 196 valence electrons. The molecule has 6 nitrogen and oxygen atoms in total. The molecule has 4 rings (SSSR count). The van der Waals surface area contributed by atoms with Crippen molar-refractivity contribution in [2.75, 3.05) is 0 Å². The summed E-state index contributed by atoms with van der Waals surface area (Å²) in [4.78, 5) is 8.45. The summed E-state index contributed by atoms with van der Waals surface area (Å²) in [5, 5.41) is 47.7. The number of hydrogen-bond acceptors (Lipinski definition) is 6. The summed E-state index contributed by atoms with van der Waals surface area (Å²) in [5.41, 5.74) is 0.676. The molecule has 0 amide bonds. The van der Waals surface area contributed by atoms with Crippen LogP contribution in [0.1, 0.15) is 62.5 Å². The van der Waals surface area contributed by atoms with Gasteiger partial charge in [-0.2, -0.15) is 0 Å². The topological polar surface area (TPSA) is 117 Å². The van der Waals surface area contributed by atoms with Gasteiger partial charge in [0.15, 0.2) is 0 Å². The van der Waals surface area contributed by atoms with Crippen molar-refractivity contribution < 1.29 is 42.1 Å². The zero-order valence-corrected chi connectivity index (χ0v) is 24.6. The minimum absolute atomic E-state index is 0. The number of aliphatic imine (C=N–C) groups is 2. The predicted molar refractivity (Wildman–Crippen MR) is 139 cm³/mol. The minimum atomic E-state index is -0.667. The zero-order chi connectivity index (χ0) is 26.2. The molecule has 2 aromatic carbocycles. The normalized spacial score (nSPS) is 23.9. The molecule has 0 radical (unpaired) electrons. The molecule has 0 spiro atoms. The van der Waals surface area contributed by atoms with E-state index in [1.807, 2.05) is 0 Å². The molecule has 0 bridgehead atoms. The van der Waals surface area contributed by atoms with Crippen molar-refractivity contribution in [3.05, 3.63) is 55.5 Å². The predicted octanol–water partition coefficient (Wildman–Crippen LogP) is 4.31. The van der Waals surface area contributed by atoms with Crippen molar-refractivity contribution >= 4 is 58.8 Å². The van der Waals surface area contributed by atoms with Crippen LogP contribution in [0.5, 0.6) is 11.5 Å². The Balaban J connectivity index is 0.000000253. The third-order valence-corrected chi connectivity index (χ3v) is 7.22. The number of rotatable bonds is 4. The first kappa shape index (κ1) is 32.4. The van der Waals surface area contributed by atoms with Crippen molar-refractivity contribution in [3.63, 3.8) is 0 Å². The molecule has 2 fully saturated rings. The quantitative estimate of drug-likeness (QED) is 0.374. The zero-order valence-electron chi connectivity index (χ0n) is 20.0. The van der Waals surface area contributed by atoms with Crippen molar-refractivity contribution in [1.29, 1.82) is 0 Å². The van der Waals surface area contributed by atoms with Gasteiger partial charge in [-0.1, -0.05) is 96.4 Å². The molecule has 0 aliphatic heterocycles. The standard InChI is InChI=1S/2C13H14Cl2NO2.Ti/c2*14-9-5-8(13(18)10(15)6-9)7-16-11-3-1-2-4-12(11)17;/h2*5-7,11-12,18H,1-4H2;/q2*-1;+4/p-2/t2*11-,12-;/m00./s1. The van der Waals surface area contributed by atoms with Crippen LogP contribution < -0.4 is 20.4 Å². The molecule has 0 aromatic heterocycles. The van der Waals surface area contributed by atoms with Gasteiger partial charge in [0.1, 0.15) is 0 Å². The van der Waals surface area contributed by atoms with Crippen molar-refractivity contribution in [3.8, 4) is 11.5 Å². The molecule has 11 heteroatoms. The van der Waals surface area contributed by atoms with E-state index in [0.717, 1.165) is 38.5 Å². The molecular weight excluding hydrogens is 594 g/mol. The number of benzene rings is 2. The molecule has 2 saturated carbocycles. The fourth-order valence-corrected chi connectivity index (χ4v) is 5.22. The Morgan fingerprint density at radius 2 is 0.973 bits per heavy atom. The Labute approximate surface area is 252 Å². The molecular formula is C26H26Cl4N2O4Ti. The second-order valence-corrected chi connectivity index (χ2v) is 10.6. The summed E-state index contributed by atoms with van der Waals surface area (Å²) >= 11 is 23.1. The van der Waals surface area contributed by atoms with Crippen LogP contribution in [0.25, 0.3) is 0 Å². The maximum atomic E-state index is 11.7. The summed E-state index contributed by atoms with van der Waals surface area (Å²) in [5.74, 6) is -0.605. The van der Waals surface area contributed by atoms with E-state index in [0.29, 0.717) is 34.0 Å². The van der Waals surface area contributed by atoms with E-state index >= 15 is 0 Å². The second kappa shape index (κ2) is 15.7. The van der Waals surface area contributed by atoms with Crippen LogP contribution >= 0.6 is 46.4 Å². The van der Waals surface area contributed by atoms with Crippen LogP contribution in [0.3, 0.4) is 0 Å². The van der Waals surface area contributed by atoms with Gasteiger partial charge in [-0.05, 0) is 48.2 Å². The first-order chi connectivity index (χ1) is 17.2. The third-order valence-electron chi connectivity index (χ3n) is 6.22. The van der Waals surface area contributed by atoms with Crippen LogP contribution in [-0.2, 0) is 21.7 Å². The average molecular weight is 620 g/mol. The number of nitrogens with zero attached hydrogens (tertiary/aromatic N) is 2. The maximum Gasteiger partial charge on any atom is 4.00 e. The Morgan fingerprint density at radius 1 is 0.622 bits per heavy atom. The Kier molecular flexibility index (Phi) is 13.7. The Morgan fingerprint density at radius 3 is 1.32 bits per heavy atom. The number of hydrogen-bond donors (Lipinski definition) is 0. The van der Waals surface area contributed by atoms with Gasteiger partial charge in [-0.3, -0.25) is 9.98 Å². The van der Waals surface area contributed by atoms with Crippen LogP contribution in [-0.4, -0.2) is 36.7 Å². The Bertz CT molecular complexity index is 1020. The molecule has 0 N–H and O–H groups in total. The molecule has 0 saturated heterocycles. The Hall–Kier alpha value is -0.826. The smallest absolute Gasteiger partial charge is 0.871 e. The van der Waals surface area contributed by atoms with Crippen LogP contribution in [0.4, 0.5) is 0 Å². The van der Waals surface area contributed by atoms with Gasteiger partial charge in [0.2, 0.25) is 0 Å². The van der Waals surface area contributed by atoms with E-state index in [1.54, 1.807) is 0 Å². The minimum Gasteiger partial charge on any atom is -0.871 e. The van der Waals surface area contributed by atoms with Crippen LogP contribution in [0.2, 0.25) is 20.1 Å². The van der Waals surface area contributed by atoms with Crippen molar-refractivity contribution in [2.24, 2.45) is 9.98 Å². The van der Waals surface area contributed by atoms with Gasteiger partial charge in [0.05, 0.1) is 0 Å². The third kappa shape index (κ3) is 9.70. The summed E-state index contributed by atoms with van der Waals surface area (Å²) in [6.45, 7) is 0.